The molecule has 0 radical (unpaired) electrons. The van der Waals surface area contributed by atoms with Crippen LogP contribution in [-0.2, 0) is 10.2 Å². The van der Waals surface area contributed by atoms with Gasteiger partial charge in [0.2, 0.25) is 0 Å². The van der Waals surface area contributed by atoms with Crippen molar-refractivity contribution in [3.8, 4) is 0 Å². The summed E-state index contributed by atoms with van der Waals surface area (Å²) in [4.78, 5) is 17.6. The van der Waals surface area contributed by atoms with Crippen molar-refractivity contribution in [2.24, 2.45) is 0 Å². The second-order valence-corrected chi connectivity index (χ2v) is 6.71. The number of benzene rings is 1. The zero-order chi connectivity index (χ0) is 17.7. The maximum atomic E-state index is 12.6. The maximum absolute atomic E-state index is 12.6. The van der Waals surface area contributed by atoms with Gasteiger partial charge < -0.3 is 10.1 Å². The lowest BCUT2D eigenvalue weighted by Gasteiger charge is -2.43. The molecule has 0 spiro atoms. The molecule has 1 heterocycles. The number of rotatable bonds is 4. The van der Waals surface area contributed by atoms with E-state index in [0.717, 1.165) is 31.2 Å². The van der Waals surface area contributed by atoms with Crippen molar-refractivity contribution in [1.29, 1.82) is 0 Å². The van der Waals surface area contributed by atoms with Crippen LogP contribution in [0.2, 0.25) is 0 Å². The number of thiocarbonyl (C=S) groups is 1. The quantitative estimate of drug-likeness (QED) is 0.671. The van der Waals surface area contributed by atoms with Crippen molar-refractivity contribution >= 4 is 23.2 Å². The Morgan fingerprint density at radius 3 is 2.72 bits per heavy atom. The van der Waals surface area contributed by atoms with Gasteiger partial charge in [-0.1, -0.05) is 42.9 Å². The van der Waals surface area contributed by atoms with Crippen LogP contribution in [0.3, 0.4) is 0 Å². The molecule has 0 amide bonds. The van der Waals surface area contributed by atoms with E-state index in [2.05, 4.69) is 10.3 Å². The number of hydrogen-bond acceptors (Lipinski definition) is 4. The Hall–Kier alpha value is -2.27. The largest absolute Gasteiger partial charge is 0.457 e. The number of ether oxygens (including phenoxy) is 1. The molecule has 25 heavy (non-hydrogen) atoms. The number of nitrogens with zero attached hydrogens (tertiary/aromatic N) is 1. The summed E-state index contributed by atoms with van der Waals surface area (Å²) in [5, 5.41) is 3.13. The Bertz CT molecular complexity index is 736. The molecule has 1 aliphatic rings. The molecule has 5 heteroatoms. The van der Waals surface area contributed by atoms with Gasteiger partial charge in [-0.2, -0.15) is 0 Å². The van der Waals surface area contributed by atoms with Crippen LogP contribution < -0.4 is 5.32 Å². The van der Waals surface area contributed by atoms with Crippen LogP contribution in [0.4, 0.5) is 0 Å². The van der Waals surface area contributed by atoms with Crippen molar-refractivity contribution < 1.29 is 9.53 Å². The van der Waals surface area contributed by atoms with Crippen molar-refractivity contribution in [3.05, 3.63) is 66.0 Å². The summed E-state index contributed by atoms with van der Waals surface area (Å²) in [5.74, 6) is -0.306. The van der Waals surface area contributed by atoms with E-state index in [1.54, 1.807) is 18.3 Å². The number of hydrogen-bond donors (Lipinski definition) is 1. The van der Waals surface area contributed by atoms with Crippen LogP contribution >= 0.6 is 12.2 Å². The Morgan fingerprint density at radius 1 is 1.24 bits per heavy atom. The molecule has 0 unspecified atom stereocenters. The molecule has 1 aliphatic carbocycles. The maximum Gasteiger partial charge on any atom is 0.338 e. The van der Waals surface area contributed by atoms with Gasteiger partial charge in [-0.15, -0.1) is 0 Å². The minimum Gasteiger partial charge on any atom is -0.457 e. The van der Waals surface area contributed by atoms with Gasteiger partial charge in [0.15, 0.2) is 0 Å². The Labute approximate surface area is 153 Å². The highest BCUT2D eigenvalue weighted by Crippen LogP contribution is 2.42. The number of likely N-dealkylation sites (N-methyl/N-ethyl adjacent to an activating group) is 1. The summed E-state index contributed by atoms with van der Waals surface area (Å²) < 4.78 is 5.98. The highest BCUT2D eigenvalue weighted by atomic mass is 32.1. The second-order valence-electron chi connectivity index (χ2n) is 6.30. The molecule has 1 N–H and O–H groups in total. The van der Waals surface area contributed by atoms with E-state index in [0.29, 0.717) is 10.6 Å². The van der Waals surface area contributed by atoms with E-state index in [9.17, 15) is 4.79 Å². The Morgan fingerprint density at radius 2 is 2.04 bits per heavy atom. The molecule has 2 aromatic rings. The lowest BCUT2D eigenvalue weighted by Crippen LogP contribution is -2.53. The first-order chi connectivity index (χ1) is 12.2. The molecule has 0 aliphatic heterocycles. The molecule has 1 fully saturated rings. The number of esters is 1. The number of aromatic nitrogens is 1. The first-order valence-corrected chi connectivity index (χ1v) is 8.98. The molecular weight excluding hydrogens is 332 g/mol. The predicted octanol–water partition coefficient (Wildman–Crippen LogP) is 3.67. The zero-order valence-electron chi connectivity index (χ0n) is 14.3. The summed E-state index contributed by atoms with van der Waals surface area (Å²) in [5.41, 5.74) is 1.03. The number of pyridine rings is 1. The van der Waals surface area contributed by atoms with Crippen LogP contribution in [-0.4, -0.2) is 29.1 Å². The average molecular weight is 354 g/mol. The van der Waals surface area contributed by atoms with E-state index < -0.39 is 5.41 Å². The number of carbonyl (C=O) groups excluding carboxylic acids is 1. The standard InChI is InChI=1S/C20H22N2O2S/c1-21-19(25)20(16-10-7-13-22-14-16)12-6-5-11-17(20)24-18(23)15-8-3-2-4-9-15/h2-4,7-10,13-14,17H,5-6,11-12H2,1H3,(H,21,25)/t17-,20+/m0/s1. The molecule has 0 saturated heterocycles. The highest BCUT2D eigenvalue weighted by Gasteiger charge is 2.48. The molecule has 1 saturated carbocycles. The van der Waals surface area contributed by atoms with Crippen LogP contribution in [0.1, 0.15) is 41.6 Å². The first kappa shape index (κ1) is 17.5. The molecule has 4 nitrogen and oxygen atoms in total. The Kier molecular flexibility index (Phi) is 5.43. The van der Waals surface area contributed by atoms with Crippen molar-refractivity contribution in [2.45, 2.75) is 37.2 Å². The summed E-state index contributed by atoms with van der Waals surface area (Å²) in [7, 11) is 1.82. The van der Waals surface area contributed by atoms with Crippen LogP contribution in [0, 0.1) is 0 Å². The molecule has 130 valence electrons. The van der Waals surface area contributed by atoms with Gasteiger partial charge in [-0.05, 0) is 43.0 Å². The fourth-order valence-corrected chi connectivity index (χ4v) is 3.99. The molecular formula is C20H22N2O2S. The number of nitrogens with one attached hydrogen (secondary N) is 1. The third-order valence-electron chi connectivity index (χ3n) is 4.90. The van der Waals surface area contributed by atoms with Crippen molar-refractivity contribution in [1.82, 2.24) is 10.3 Å². The third-order valence-corrected chi connectivity index (χ3v) is 5.47. The van der Waals surface area contributed by atoms with Crippen molar-refractivity contribution in [3.63, 3.8) is 0 Å². The summed E-state index contributed by atoms with van der Waals surface area (Å²) in [6, 6.07) is 13.0. The van der Waals surface area contributed by atoms with Gasteiger partial charge in [-0.25, -0.2) is 4.79 Å². The van der Waals surface area contributed by atoms with Crippen LogP contribution in [0.15, 0.2) is 54.9 Å². The van der Waals surface area contributed by atoms with E-state index >= 15 is 0 Å². The van der Waals surface area contributed by atoms with Gasteiger partial charge in [0, 0.05) is 19.4 Å². The predicted molar refractivity (Wildman–Crippen MR) is 102 cm³/mol. The smallest absolute Gasteiger partial charge is 0.338 e. The minimum absolute atomic E-state index is 0.306. The topological polar surface area (TPSA) is 51.2 Å². The van der Waals surface area contributed by atoms with E-state index in [1.165, 1.54) is 0 Å². The first-order valence-electron chi connectivity index (χ1n) is 8.57. The van der Waals surface area contributed by atoms with E-state index in [-0.39, 0.29) is 12.1 Å². The second kappa shape index (κ2) is 7.74. The van der Waals surface area contributed by atoms with Gasteiger partial charge in [0.05, 0.1) is 16.0 Å². The zero-order valence-corrected chi connectivity index (χ0v) is 15.1. The Balaban J connectivity index is 1.97. The van der Waals surface area contributed by atoms with Crippen LogP contribution in [0.25, 0.3) is 0 Å². The van der Waals surface area contributed by atoms with Gasteiger partial charge in [0.25, 0.3) is 0 Å². The van der Waals surface area contributed by atoms with E-state index in [1.807, 2.05) is 43.6 Å². The molecule has 1 aromatic heterocycles. The molecule has 2 atom stereocenters. The fourth-order valence-electron chi connectivity index (χ4n) is 3.64. The lowest BCUT2D eigenvalue weighted by atomic mass is 9.67. The lowest BCUT2D eigenvalue weighted by molar-refractivity contribution is 0.00430. The molecule has 3 rings (SSSR count). The third kappa shape index (κ3) is 3.42. The van der Waals surface area contributed by atoms with Crippen LogP contribution in [0.5, 0.6) is 0 Å². The molecule has 1 aromatic carbocycles. The normalized spacial score (nSPS) is 22.8. The minimum atomic E-state index is -0.527. The highest BCUT2D eigenvalue weighted by molar-refractivity contribution is 7.80. The summed E-state index contributed by atoms with van der Waals surface area (Å²) in [6.07, 6.45) is 6.95. The fraction of sp³-hybridized carbons (Fsp3) is 0.350. The van der Waals surface area contributed by atoms with E-state index in [4.69, 9.17) is 17.0 Å². The average Bonchev–Trinajstić information content (AvgIpc) is 2.69. The summed E-state index contributed by atoms with van der Waals surface area (Å²) in [6.45, 7) is 0. The van der Waals surface area contributed by atoms with Gasteiger partial charge in [0.1, 0.15) is 6.10 Å². The summed E-state index contributed by atoms with van der Waals surface area (Å²) >= 11 is 5.69. The SMILES string of the molecule is CNC(=S)[C@@]1(c2cccnc2)CCCC[C@@H]1OC(=O)c1ccccc1. The van der Waals surface area contributed by atoms with Crippen molar-refractivity contribution in [2.75, 3.05) is 7.05 Å². The van der Waals surface area contributed by atoms with Gasteiger partial charge in [-0.3, -0.25) is 4.98 Å². The van der Waals surface area contributed by atoms with Gasteiger partial charge >= 0.3 is 5.97 Å². The molecule has 0 bridgehead atoms. The monoisotopic (exact) mass is 354 g/mol. The number of carbonyl (C=O) groups is 1.